The molecule has 2 N–H and O–H groups in total. The van der Waals surface area contributed by atoms with Crippen molar-refractivity contribution in [3.05, 3.63) is 63.6 Å². The van der Waals surface area contributed by atoms with Gasteiger partial charge in [0.05, 0.1) is 11.3 Å². The molecule has 0 spiro atoms. The molecule has 0 bridgehead atoms. The number of nitrogens with one attached hydrogen (secondary N) is 2. The summed E-state index contributed by atoms with van der Waals surface area (Å²) >= 11 is 12.0. The number of carbonyl (C=O) groups is 2. The predicted octanol–water partition coefficient (Wildman–Crippen LogP) is 5.09. The minimum Gasteiger partial charge on any atom is -0.350 e. The van der Waals surface area contributed by atoms with E-state index < -0.39 is 0 Å². The van der Waals surface area contributed by atoms with Gasteiger partial charge in [0.25, 0.3) is 5.91 Å². The van der Waals surface area contributed by atoms with E-state index >= 15 is 0 Å². The van der Waals surface area contributed by atoms with Gasteiger partial charge in [-0.2, -0.15) is 0 Å². The van der Waals surface area contributed by atoms with Crippen LogP contribution in [0.2, 0.25) is 10.0 Å². The van der Waals surface area contributed by atoms with Crippen LogP contribution in [0.1, 0.15) is 42.6 Å². The monoisotopic (exact) mass is 392 g/mol. The molecule has 0 aliphatic heterocycles. The van der Waals surface area contributed by atoms with E-state index in [2.05, 4.69) is 10.6 Å². The van der Waals surface area contributed by atoms with Gasteiger partial charge in [0.1, 0.15) is 0 Å². The van der Waals surface area contributed by atoms with E-state index in [0.29, 0.717) is 27.7 Å². The summed E-state index contributed by atoms with van der Waals surface area (Å²) in [4.78, 5) is 24.7. The van der Waals surface area contributed by atoms with E-state index in [1.807, 2.05) is 19.9 Å². The normalized spacial score (nSPS) is 11.7. The molecular formula is C20H22Cl2N2O2. The molecule has 4 nitrogen and oxygen atoms in total. The lowest BCUT2D eigenvalue weighted by Gasteiger charge is -2.14. The zero-order valence-corrected chi connectivity index (χ0v) is 16.3. The molecule has 0 fully saturated rings. The lowest BCUT2D eigenvalue weighted by Crippen LogP contribution is -2.32. The van der Waals surface area contributed by atoms with E-state index in [1.165, 1.54) is 0 Å². The fourth-order valence-electron chi connectivity index (χ4n) is 2.38. The van der Waals surface area contributed by atoms with Gasteiger partial charge in [0.2, 0.25) is 5.91 Å². The van der Waals surface area contributed by atoms with Gasteiger partial charge in [-0.1, -0.05) is 48.3 Å². The van der Waals surface area contributed by atoms with Crippen LogP contribution in [-0.4, -0.2) is 17.9 Å². The number of para-hydroxylation sites is 1. The average Bonchev–Trinajstić information content (AvgIpc) is 2.61. The summed E-state index contributed by atoms with van der Waals surface area (Å²) in [6, 6.07) is 12.3. The van der Waals surface area contributed by atoms with Gasteiger partial charge >= 0.3 is 0 Å². The Balaban J connectivity index is 2.01. The Hall–Kier alpha value is -2.04. The van der Waals surface area contributed by atoms with Gasteiger partial charge in [0, 0.05) is 22.5 Å². The number of amides is 2. The molecule has 0 saturated heterocycles. The minimum absolute atomic E-state index is 0.0679. The molecule has 0 radical (unpaired) electrons. The van der Waals surface area contributed by atoms with Crippen LogP contribution in [0.15, 0.2) is 42.5 Å². The number of aryl methyl sites for hydroxylation is 1. The van der Waals surface area contributed by atoms with Gasteiger partial charge in [-0.25, -0.2) is 0 Å². The molecule has 0 aliphatic carbocycles. The molecule has 2 aromatic rings. The zero-order valence-electron chi connectivity index (χ0n) is 14.8. The Morgan fingerprint density at radius 3 is 2.54 bits per heavy atom. The second kappa shape index (κ2) is 9.60. The highest BCUT2D eigenvalue weighted by Gasteiger charge is 2.14. The topological polar surface area (TPSA) is 58.2 Å². The van der Waals surface area contributed by atoms with Crippen LogP contribution in [0.25, 0.3) is 0 Å². The van der Waals surface area contributed by atoms with Crippen LogP contribution in [0.3, 0.4) is 0 Å². The first-order valence-corrected chi connectivity index (χ1v) is 9.30. The molecule has 0 heterocycles. The predicted molar refractivity (Wildman–Crippen MR) is 107 cm³/mol. The maximum absolute atomic E-state index is 12.4. The molecule has 6 heteroatoms. The lowest BCUT2D eigenvalue weighted by molar-refractivity contribution is -0.116. The molecule has 0 unspecified atom stereocenters. The molecule has 0 saturated carbocycles. The number of hydrogen-bond donors (Lipinski definition) is 2. The standard InChI is InChI=1S/C20H22Cl2N2O2/c1-3-13(2)23-20(26)16-6-4-5-7-18(16)24-19(25)11-9-14-8-10-15(21)12-17(14)22/h4-8,10,12-13H,3,9,11H2,1-2H3,(H,23,26)(H,24,25)/t13-/m1/s1. The molecular weight excluding hydrogens is 371 g/mol. The van der Waals surface area contributed by atoms with Crippen LogP contribution < -0.4 is 10.6 Å². The molecule has 2 rings (SSSR count). The summed E-state index contributed by atoms with van der Waals surface area (Å²) in [6.07, 6.45) is 1.58. The average molecular weight is 393 g/mol. The van der Waals surface area contributed by atoms with Crippen LogP contribution in [0, 0.1) is 0 Å². The quantitative estimate of drug-likeness (QED) is 0.688. The fourth-order valence-corrected chi connectivity index (χ4v) is 2.88. The zero-order chi connectivity index (χ0) is 19.1. The van der Waals surface area contributed by atoms with Crippen molar-refractivity contribution < 1.29 is 9.59 Å². The third kappa shape index (κ3) is 5.75. The second-order valence-corrected chi connectivity index (χ2v) is 6.96. The Morgan fingerprint density at radius 1 is 1.12 bits per heavy atom. The molecule has 0 aliphatic rings. The van der Waals surface area contributed by atoms with Crippen molar-refractivity contribution in [1.29, 1.82) is 0 Å². The Labute approximate surface area is 163 Å². The molecule has 138 valence electrons. The van der Waals surface area contributed by atoms with Gasteiger partial charge < -0.3 is 10.6 Å². The number of anilines is 1. The lowest BCUT2D eigenvalue weighted by atomic mass is 10.1. The molecule has 2 amide bonds. The van der Waals surface area contributed by atoms with E-state index in [4.69, 9.17) is 23.2 Å². The summed E-state index contributed by atoms with van der Waals surface area (Å²) in [6.45, 7) is 3.94. The molecule has 26 heavy (non-hydrogen) atoms. The number of halogens is 2. The summed E-state index contributed by atoms with van der Waals surface area (Å²) in [5.74, 6) is -0.379. The van der Waals surface area contributed by atoms with Crippen LogP contribution >= 0.6 is 23.2 Å². The van der Waals surface area contributed by atoms with E-state index in [9.17, 15) is 9.59 Å². The summed E-state index contributed by atoms with van der Waals surface area (Å²) in [7, 11) is 0. The van der Waals surface area contributed by atoms with Crippen LogP contribution in [0.5, 0.6) is 0 Å². The highest BCUT2D eigenvalue weighted by molar-refractivity contribution is 6.35. The highest BCUT2D eigenvalue weighted by atomic mass is 35.5. The van der Waals surface area contributed by atoms with Crippen molar-refractivity contribution in [3.8, 4) is 0 Å². The van der Waals surface area contributed by atoms with E-state index in [0.717, 1.165) is 12.0 Å². The maximum Gasteiger partial charge on any atom is 0.253 e. The number of hydrogen-bond acceptors (Lipinski definition) is 2. The number of rotatable bonds is 7. The van der Waals surface area contributed by atoms with Crippen molar-refractivity contribution in [2.75, 3.05) is 5.32 Å². The van der Waals surface area contributed by atoms with Gasteiger partial charge in [-0.3, -0.25) is 9.59 Å². The third-order valence-corrected chi connectivity index (χ3v) is 4.66. The van der Waals surface area contributed by atoms with Gasteiger partial charge in [-0.15, -0.1) is 0 Å². The third-order valence-electron chi connectivity index (χ3n) is 4.07. The largest absolute Gasteiger partial charge is 0.350 e. The van der Waals surface area contributed by atoms with Crippen molar-refractivity contribution in [2.45, 2.75) is 39.2 Å². The smallest absolute Gasteiger partial charge is 0.253 e. The molecule has 2 aromatic carbocycles. The van der Waals surface area contributed by atoms with Crippen molar-refractivity contribution in [3.63, 3.8) is 0 Å². The highest BCUT2D eigenvalue weighted by Crippen LogP contribution is 2.22. The first-order chi connectivity index (χ1) is 12.4. The Morgan fingerprint density at radius 2 is 1.85 bits per heavy atom. The fraction of sp³-hybridized carbons (Fsp3) is 0.300. The minimum atomic E-state index is -0.198. The SMILES string of the molecule is CC[C@@H](C)NC(=O)c1ccccc1NC(=O)CCc1ccc(Cl)cc1Cl. The maximum atomic E-state index is 12.4. The second-order valence-electron chi connectivity index (χ2n) is 6.11. The number of benzene rings is 2. The van der Waals surface area contributed by atoms with Crippen molar-refractivity contribution in [2.24, 2.45) is 0 Å². The first kappa shape index (κ1) is 20.3. The Kier molecular flexibility index (Phi) is 7.49. The summed E-state index contributed by atoms with van der Waals surface area (Å²) in [5.41, 5.74) is 1.81. The van der Waals surface area contributed by atoms with E-state index in [1.54, 1.807) is 36.4 Å². The van der Waals surface area contributed by atoms with Gasteiger partial charge in [0.15, 0.2) is 0 Å². The Bertz CT molecular complexity index is 793. The molecule has 0 aromatic heterocycles. The van der Waals surface area contributed by atoms with E-state index in [-0.39, 0.29) is 24.3 Å². The summed E-state index contributed by atoms with van der Waals surface area (Å²) in [5, 5.41) is 6.82. The van der Waals surface area contributed by atoms with Crippen molar-refractivity contribution >= 4 is 40.7 Å². The number of carbonyl (C=O) groups excluding carboxylic acids is 2. The van der Waals surface area contributed by atoms with Gasteiger partial charge in [-0.05, 0) is 49.6 Å². The first-order valence-electron chi connectivity index (χ1n) is 8.54. The van der Waals surface area contributed by atoms with Crippen LogP contribution in [0.4, 0.5) is 5.69 Å². The van der Waals surface area contributed by atoms with Crippen molar-refractivity contribution in [1.82, 2.24) is 5.32 Å². The van der Waals surface area contributed by atoms with Crippen LogP contribution in [-0.2, 0) is 11.2 Å². The molecule has 1 atom stereocenters. The summed E-state index contributed by atoms with van der Waals surface area (Å²) < 4.78 is 0.